The summed E-state index contributed by atoms with van der Waals surface area (Å²) in [5.74, 6) is 0.110. The minimum atomic E-state index is -3.01. The minimum absolute atomic E-state index is 0.0674. The standard InChI is InChI=1S/C16H19N3O3S/c1-2-18(15-8-11-23(21,22)12-15)16(20)13-4-6-14(7-5-13)19-10-3-9-17-19/h3-7,9-10,15H,2,8,11-12H2,1H3. The fourth-order valence-electron chi connectivity index (χ4n) is 2.93. The Kier molecular flexibility index (Phi) is 4.21. The molecule has 23 heavy (non-hydrogen) atoms. The highest BCUT2D eigenvalue weighted by molar-refractivity contribution is 7.91. The van der Waals surface area contributed by atoms with Gasteiger partial charge in [0.1, 0.15) is 0 Å². The van der Waals surface area contributed by atoms with Crippen LogP contribution in [0.25, 0.3) is 5.69 Å². The lowest BCUT2D eigenvalue weighted by Gasteiger charge is -2.27. The Morgan fingerprint density at radius 2 is 2.09 bits per heavy atom. The third-order valence-corrected chi connectivity index (χ3v) is 5.88. The van der Waals surface area contributed by atoms with Gasteiger partial charge in [-0.05, 0) is 43.7 Å². The molecule has 0 bridgehead atoms. The van der Waals surface area contributed by atoms with Crippen LogP contribution in [0.4, 0.5) is 0 Å². The van der Waals surface area contributed by atoms with Crippen molar-refractivity contribution in [3.8, 4) is 5.69 Å². The van der Waals surface area contributed by atoms with E-state index < -0.39 is 9.84 Å². The van der Waals surface area contributed by atoms with E-state index in [0.29, 0.717) is 18.5 Å². The highest BCUT2D eigenvalue weighted by Gasteiger charge is 2.34. The number of amides is 1. The minimum Gasteiger partial charge on any atom is -0.335 e. The molecule has 2 heterocycles. The molecule has 0 saturated carbocycles. The van der Waals surface area contributed by atoms with Gasteiger partial charge < -0.3 is 4.90 Å². The van der Waals surface area contributed by atoms with Crippen LogP contribution >= 0.6 is 0 Å². The summed E-state index contributed by atoms with van der Waals surface area (Å²) >= 11 is 0. The largest absolute Gasteiger partial charge is 0.335 e. The van der Waals surface area contributed by atoms with Crippen LogP contribution in [0.2, 0.25) is 0 Å². The van der Waals surface area contributed by atoms with Gasteiger partial charge in [-0.25, -0.2) is 13.1 Å². The Labute approximate surface area is 135 Å². The molecule has 122 valence electrons. The average Bonchev–Trinajstić information content (AvgIpc) is 3.18. The van der Waals surface area contributed by atoms with E-state index in [2.05, 4.69) is 5.10 Å². The maximum atomic E-state index is 12.7. The van der Waals surface area contributed by atoms with Crippen molar-refractivity contribution < 1.29 is 13.2 Å². The highest BCUT2D eigenvalue weighted by Crippen LogP contribution is 2.20. The molecule has 0 N–H and O–H groups in total. The lowest BCUT2D eigenvalue weighted by atomic mass is 10.1. The van der Waals surface area contributed by atoms with Gasteiger partial charge >= 0.3 is 0 Å². The van der Waals surface area contributed by atoms with Gasteiger partial charge in [0.2, 0.25) is 0 Å². The summed E-state index contributed by atoms with van der Waals surface area (Å²) < 4.78 is 25.0. The molecular formula is C16H19N3O3S. The van der Waals surface area contributed by atoms with Gasteiger partial charge in [-0.1, -0.05) is 0 Å². The van der Waals surface area contributed by atoms with E-state index >= 15 is 0 Å². The Morgan fingerprint density at radius 3 is 2.61 bits per heavy atom. The molecule has 1 atom stereocenters. The number of sulfone groups is 1. The SMILES string of the molecule is CCN(C(=O)c1ccc(-n2cccn2)cc1)C1CCS(=O)(=O)C1. The van der Waals surface area contributed by atoms with Gasteiger partial charge in [0.15, 0.2) is 9.84 Å². The lowest BCUT2D eigenvalue weighted by molar-refractivity contribution is 0.0708. The van der Waals surface area contributed by atoms with E-state index in [9.17, 15) is 13.2 Å². The van der Waals surface area contributed by atoms with Gasteiger partial charge in [0, 0.05) is 30.5 Å². The number of carbonyl (C=O) groups excluding carboxylic acids is 1. The maximum absolute atomic E-state index is 12.7. The Hall–Kier alpha value is -2.15. The van der Waals surface area contributed by atoms with Gasteiger partial charge in [-0.15, -0.1) is 0 Å². The molecular weight excluding hydrogens is 314 g/mol. The molecule has 2 aromatic rings. The first-order valence-electron chi connectivity index (χ1n) is 7.61. The zero-order valence-electron chi connectivity index (χ0n) is 12.9. The monoisotopic (exact) mass is 333 g/mol. The van der Waals surface area contributed by atoms with E-state index in [-0.39, 0.29) is 23.5 Å². The second kappa shape index (κ2) is 6.16. The zero-order valence-corrected chi connectivity index (χ0v) is 13.7. The third-order valence-electron chi connectivity index (χ3n) is 4.13. The summed E-state index contributed by atoms with van der Waals surface area (Å²) in [6.45, 7) is 2.38. The lowest BCUT2D eigenvalue weighted by Crippen LogP contribution is -2.40. The van der Waals surface area contributed by atoms with Crippen LogP contribution in [0.1, 0.15) is 23.7 Å². The normalized spacial score (nSPS) is 19.6. The van der Waals surface area contributed by atoms with E-state index in [1.807, 2.05) is 31.3 Å². The first-order valence-corrected chi connectivity index (χ1v) is 9.44. The summed E-state index contributed by atoms with van der Waals surface area (Å²) in [5.41, 5.74) is 1.44. The molecule has 1 fully saturated rings. The van der Waals surface area contributed by atoms with Crippen molar-refractivity contribution in [2.45, 2.75) is 19.4 Å². The third kappa shape index (κ3) is 3.29. The van der Waals surface area contributed by atoms with Crippen LogP contribution in [0.15, 0.2) is 42.7 Å². The number of benzene rings is 1. The smallest absolute Gasteiger partial charge is 0.254 e. The first kappa shape index (κ1) is 15.7. The van der Waals surface area contributed by atoms with E-state index in [1.165, 1.54) is 0 Å². The van der Waals surface area contributed by atoms with Crippen molar-refractivity contribution in [3.63, 3.8) is 0 Å². The predicted octanol–water partition coefficient (Wildman–Crippen LogP) is 1.52. The van der Waals surface area contributed by atoms with Crippen molar-refractivity contribution in [3.05, 3.63) is 48.3 Å². The molecule has 1 aliphatic heterocycles. The number of hydrogen-bond donors (Lipinski definition) is 0. The summed E-state index contributed by atoms with van der Waals surface area (Å²) in [7, 11) is -3.01. The number of hydrogen-bond acceptors (Lipinski definition) is 4. The Bertz CT molecular complexity index is 782. The van der Waals surface area contributed by atoms with Crippen molar-refractivity contribution in [2.24, 2.45) is 0 Å². The number of aromatic nitrogens is 2. The molecule has 1 aromatic heterocycles. The molecule has 1 aliphatic rings. The van der Waals surface area contributed by atoms with E-state index in [0.717, 1.165) is 5.69 Å². The zero-order chi connectivity index (χ0) is 16.4. The van der Waals surface area contributed by atoms with E-state index in [4.69, 9.17) is 0 Å². The van der Waals surface area contributed by atoms with Crippen LogP contribution in [-0.4, -0.2) is 53.1 Å². The quantitative estimate of drug-likeness (QED) is 0.850. The van der Waals surface area contributed by atoms with Gasteiger partial charge in [-0.3, -0.25) is 4.79 Å². The predicted molar refractivity (Wildman–Crippen MR) is 87.3 cm³/mol. The fraction of sp³-hybridized carbons (Fsp3) is 0.375. The van der Waals surface area contributed by atoms with Crippen LogP contribution in [0, 0.1) is 0 Å². The second-order valence-corrected chi connectivity index (χ2v) is 7.87. The molecule has 0 aliphatic carbocycles. The molecule has 7 heteroatoms. The maximum Gasteiger partial charge on any atom is 0.254 e. The van der Waals surface area contributed by atoms with Crippen molar-refractivity contribution >= 4 is 15.7 Å². The van der Waals surface area contributed by atoms with Crippen molar-refractivity contribution in [1.82, 2.24) is 14.7 Å². The number of rotatable bonds is 4. The number of carbonyl (C=O) groups is 1. The molecule has 0 radical (unpaired) electrons. The Morgan fingerprint density at radius 1 is 1.35 bits per heavy atom. The summed E-state index contributed by atoms with van der Waals surface area (Å²) in [6.07, 6.45) is 4.05. The fourth-order valence-corrected chi connectivity index (χ4v) is 4.66. The summed E-state index contributed by atoms with van der Waals surface area (Å²) in [4.78, 5) is 14.3. The van der Waals surface area contributed by atoms with Gasteiger partial charge in [0.25, 0.3) is 5.91 Å². The van der Waals surface area contributed by atoms with Crippen LogP contribution in [-0.2, 0) is 9.84 Å². The second-order valence-electron chi connectivity index (χ2n) is 5.65. The molecule has 1 saturated heterocycles. The molecule has 1 amide bonds. The molecule has 1 unspecified atom stereocenters. The molecule has 3 rings (SSSR count). The van der Waals surface area contributed by atoms with Crippen LogP contribution < -0.4 is 0 Å². The highest BCUT2D eigenvalue weighted by atomic mass is 32.2. The van der Waals surface area contributed by atoms with Crippen LogP contribution in [0.5, 0.6) is 0 Å². The number of nitrogens with zero attached hydrogens (tertiary/aromatic N) is 3. The summed E-state index contributed by atoms with van der Waals surface area (Å²) in [6, 6.07) is 8.79. The van der Waals surface area contributed by atoms with Gasteiger partial charge in [0.05, 0.1) is 17.2 Å². The topological polar surface area (TPSA) is 72.3 Å². The van der Waals surface area contributed by atoms with Gasteiger partial charge in [-0.2, -0.15) is 5.10 Å². The van der Waals surface area contributed by atoms with Crippen molar-refractivity contribution in [1.29, 1.82) is 0 Å². The summed E-state index contributed by atoms with van der Waals surface area (Å²) in [5, 5.41) is 4.15. The van der Waals surface area contributed by atoms with E-state index in [1.54, 1.807) is 27.9 Å². The molecule has 1 aromatic carbocycles. The molecule has 6 nitrogen and oxygen atoms in total. The average molecular weight is 333 g/mol. The molecule has 0 spiro atoms. The van der Waals surface area contributed by atoms with Crippen LogP contribution in [0.3, 0.4) is 0 Å². The first-order chi connectivity index (χ1) is 11.0. The van der Waals surface area contributed by atoms with Crippen molar-refractivity contribution in [2.75, 3.05) is 18.1 Å². The Balaban J connectivity index is 1.78.